The Hall–Kier alpha value is -2.96. The lowest BCUT2D eigenvalue weighted by Gasteiger charge is -2.12. The second-order valence-electron chi connectivity index (χ2n) is 6.55. The number of para-hydroxylation sites is 2. The molecule has 0 aliphatic heterocycles. The molecular weight excluding hydrogens is 308 g/mol. The molecule has 3 aromatic rings. The first-order valence-electron chi connectivity index (χ1n) is 7.56. The van der Waals surface area contributed by atoms with Gasteiger partial charge >= 0.3 is 0 Å². The zero-order valence-electron chi connectivity index (χ0n) is 13.7. The van der Waals surface area contributed by atoms with Gasteiger partial charge in [0.2, 0.25) is 11.8 Å². The Balaban J connectivity index is 1.82. The maximum Gasteiger partial charge on any atom is 0.269 e. The number of fused-ring (bicyclic) bond motifs is 1. The lowest BCUT2D eigenvalue weighted by molar-refractivity contribution is -0.116. The van der Waals surface area contributed by atoms with Gasteiger partial charge in [-0.2, -0.15) is 0 Å². The molecule has 0 spiro atoms. The fourth-order valence-electron chi connectivity index (χ4n) is 2.29. The largest absolute Gasteiger partial charge is 0.338 e. The Kier molecular flexibility index (Phi) is 3.92. The third kappa shape index (κ3) is 3.19. The van der Waals surface area contributed by atoms with Gasteiger partial charge in [-0.25, -0.2) is 4.98 Å². The fourth-order valence-corrected chi connectivity index (χ4v) is 2.29. The van der Waals surface area contributed by atoms with E-state index in [9.17, 15) is 9.59 Å². The Morgan fingerprint density at radius 3 is 2.75 bits per heavy atom. The highest BCUT2D eigenvalue weighted by Gasteiger charge is 2.20. The van der Waals surface area contributed by atoms with E-state index in [1.54, 1.807) is 24.3 Å². The minimum absolute atomic E-state index is 0.132. The number of anilines is 1. The van der Waals surface area contributed by atoms with E-state index in [1.807, 2.05) is 26.8 Å². The van der Waals surface area contributed by atoms with Crippen molar-refractivity contribution in [3.05, 3.63) is 52.6 Å². The van der Waals surface area contributed by atoms with Gasteiger partial charge in [0.25, 0.3) is 5.56 Å². The first kappa shape index (κ1) is 15.9. The van der Waals surface area contributed by atoms with Crippen LogP contribution in [0.3, 0.4) is 0 Å². The van der Waals surface area contributed by atoms with Crippen molar-refractivity contribution in [2.45, 2.75) is 32.7 Å². The van der Waals surface area contributed by atoms with E-state index in [0.717, 1.165) is 5.69 Å². The number of benzene rings is 1. The summed E-state index contributed by atoms with van der Waals surface area (Å²) in [6, 6.07) is 8.85. The molecule has 0 radical (unpaired) electrons. The van der Waals surface area contributed by atoms with E-state index in [1.165, 1.54) is 10.8 Å². The highest BCUT2D eigenvalue weighted by molar-refractivity contribution is 5.90. The lowest BCUT2D eigenvalue weighted by atomic mass is 9.92. The van der Waals surface area contributed by atoms with Gasteiger partial charge in [0.1, 0.15) is 6.54 Å². The number of aromatic nitrogens is 3. The molecule has 0 bridgehead atoms. The molecule has 1 N–H and O–H groups in total. The second kappa shape index (κ2) is 5.92. The van der Waals surface area contributed by atoms with Crippen LogP contribution >= 0.6 is 0 Å². The van der Waals surface area contributed by atoms with Crippen LogP contribution in [0, 0.1) is 0 Å². The van der Waals surface area contributed by atoms with E-state index >= 15 is 0 Å². The van der Waals surface area contributed by atoms with Gasteiger partial charge in [-0.3, -0.25) is 19.5 Å². The van der Waals surface area contributed by atoms with Gasteiger partial charge in [-0.15, -0.1) is 0 Å². The molecule has 0 aliphatic carbocycles. The predicted octanol–water partition coefficient (Wildman–Crippen LogP) is 2.32. The van der Waals surface area contributed by atoms with Crippen LogP contribution in [0.15, 0.2) is 45.8 Å². The minimum atomic E-state index is -0.370. The summed E-state index contributed by atoms with van der Waals surface area (Å²) in [6.45, 7) is 5.87. The van der Waals surface area contributed by atoms with Crippen LogP contribution in [-0.2, 0) is 16.8 Å². The smallest absolute Gasteiger partial charge is 0.269 e. The van der Waals surface area contributed by atoms with Crippen LogP contribution in [-0.4, -0.2) is 20.6 Å². The van der Waals surface area contributed by atoms with Gasteiger partial charge in [0.15, 0.2) is 0 Å². The molecule has 1 amide bonds. The van der Waals surface area contributed by atoms with Crippen LogP contribution in [0.2, 0.25) is 0 Å². The maximum absolute atomic E-state index is 12.3. The van der Waals surface area contributed by atoms with E-state index < -0.39 is 0 Å². The standard InChI is InChI=1S/C17H18N4O3/c1-17(2,3)13-8-15(24-20-13)19-14(22)10-21-12-7-5-4-6-11(12)18-9-16(21)23/h4-9H,10H2,1-3H3,(H,19,22). The SMILES string of the molecule is CC(C)(C)c1cc(NC(=O)Cn2c(=O)cnc3ccccc32)on1. The summed E-state index contributed by atoms with van der Waals surface area (Å²) < 4.78 is 6.51. The topological polar surface area (TPSA) is 90.0 Å². The van der Waals surface area contributed by atoms with Crippen molar-refractivity contribution in [1.29, 1.82) is 0 Å². The van der Waals surface area contributed by atoms with Crippen LogP contribution in [0.1, 0.15) is 26.5 Å². The van der Waals surface area contributed by atoms with E-state index in [2.05, 4.69) is 15.5 Å². The monoisotopic (exact) mass is 326 g/mol. The number of carbonyl (C=O) groups excluding carboxylic acids is 1. The van der Waals surface area contributed by atoms with Crippen LogP contribution in [0.5, 0.6) is 0 Å². The molecule has 7 heteroatoms. The summed E-state index contributed by atoms with van der Waals surface area (Å²) >= 11 is 0. The molecule has 3 rings (SSSR count). The summed E-state index contributed by atoms with van der Waals surface area (Å²) in [6.07, 6.45) is 1.21. The zero-order valence-corrected chi connectivity index (χ0v) is 13.7. The number of nitrogens with zero attached hydrogens (tertiary/aromatic N) is 3. The molecule has 1 aromatic carbocycles. The molecule has 124 valence electrons. The number of rotatable bonds is 3. The molecule has 0 unspecified atom stereocenters. The Bertz CT molecular complexity index is 950. The average molecular weight is 326 g/mol. The highest BCUT2D eigenvalue weighted by Crippen LogP contribution is 2.23. The molecule has 0 saturated heterocycles. The number of hydrogen-bond donors (Lipinski definition) is 1. The quantitative estimate of drug-likeness (QED) is 0.798. The summed E-state index contributed by atoms with van der Waals surface area (Å²) in [5, 5.41) is 6.57. The first-order chi connectivity index (χ1) is 11.3. The van der Waals surface area contributed by atoms with Gasteiger partial charge in [0, 0.05) is 11.5 Å². The van der Waals surface area contributed by atoms with Crippen LogP contribution < -0.4 is 10.9 Å². The van der Waals surface area contributed by atoms with Crippen molar-refractivity contribution in [2.24, 2.45) is 0 Å². The molecule has 2 heterocycles. The summed E-state index contributed by atoms with van der Waals surface area (Å²) in [5.41, 5.74) is 1.49. The molecule has 0 fully saturated rings. The van der Waals surface area contributed by atoms with E-state index in [4.69, 9.17) is 4.52 Å². The Labute approximate surface area is 138 Å². The van der Waals surface area contributed by atoms with Crippen LogP contribution in [0.4, 0.5) is 5.88 Å². The molecule has 24 heavy (non-hydrogen) atoms. The van der Waals surface area contributed by atoms with Crippen molar-refractivity contribution in [1.82, 2.24) is 14.7 Å². The van der Waals surface area contributed by atoms with Crippen LogP contribution in [0.25, 0.3) is 11.0 Å². The summed E-state index contributed by atoms with van der Waals surface area (Å²) in [4.78, 5) is 28.4. The van der Waals surface area contributed by atoms with E-state index in [-0.39, 0.29) is 29.3 Å². The normalized spacial score (nSPS) is 11.6. The molecule has 0 aliphatic rings. The Morgan fingerprint density at radius 2 is 2.04 bits per heavy atom. The van der Waals surface area contributed by atoms with Gasteiger partial charge in [-0.1, -0.05) is 38.1 Å². The van der Waals surface area contributed by atoms with Crippen molar-refractivity contribution < 1.29 is 9.32 Å². The minimum Gasteiger partial charge on any atom is -0.338 e. The number of nitrogens with one attached hydrogen (secondary N) is 1. The third-order valence-corrected chi connectivity index (χ3v) is 3.60. The highest BCUT2D eigenvalue weighted by atomic mass is 16.5. The average Bonchev–Trinajstić information content (AvgIpc) is 2.99. The molecule has 7 nitrogen and oxygen atoms in total. The summed E-state index contributed by atoms with van der Waals surface area (Å²) in [5.74, 6) is -0.110. The molecule has 0 atom stereocenters. The second-order valence-corrected chi connectivity index (χ2v) is 6.55. The van der Waals surface area contributed by atoms with Gasteiger partial charge < -0.3 is 4.52 Å². The predicted molar refractivity (Wildman–Crippen MR) is 89.8 cm³/mol. The van der Waals surface area contributed by atoms with Crippen molar-refractivity contribution in [2.75, 3.05) is 5.32 Å². The number of carbonyl (C=O) groups is 1. The van der Waals surface area contributed by atoms with Crippen molar-refractivity contribution in [3.63, 3.8) is 0 Å². The fraction of sp³-hybridized carbons (Fsp3) is 0.294. The zero-order chi connectivity index (χ0) is 17.3. The number of hydrogen-bond acceptors (Lipinski definition) is 5. The first-order valence-corrected chi connectivity index (χ1v) is 7.56. The van der Waals surface area contributed by atoms with Gasteiger partial charge in [-0.05, 0) is 12.1 Å². The third-order valence-electron chi connectivity index (χ3n) is 3.60. The van der Waals surface area contributed by atoms with E-state index in [0.29, 0.717) is 11.0 Å². The Morgan fingerprint density at radius 1 is 1.29 bits per heavy atom. The van der Waals surface area contributed by atoms with Gasteiger partial charge in [0.05, 0.1) is 22.9 Å². The lowest BCUT2D eigenvalue weighted by Crippen LogP contribution is -2.27. The maximum atomic E-state index is 12.3. The molecular formula is C17H18N4O3. The van der Waals surface area contributed by atoms with Crippen molar-refractivity contribution >= 4 is 22.8 Å². The van der Waals surface area contributed by atoms with Crippen molar-refractivity contribution in [3.8, 4) is 0 Å². The molecule has 0 saturated carbocycles. The molecule has 2 aromatic heterocycles. The number of amides is 1. The summed E-state index contributed by atoms with van der Waals surface area (Å²) in [7, 11) is 0.